The van der Waals surface area contributed by atoms with Gasteiger partial charge in [-0.05, 0) is 37.1 Å². The molecule has 1 saturated heterocycles. The number of alkyl halides is 3. The molecule has 1 fully saturated rings. The first-order valence-corrected chi connectivity index (χ1v) is 9.12. The normalized spacial score (nSPS) is 18.9. The van der Waals surface area contributed by atoms with Gasteiger partial charge in [-0.2, -0.15) is 13.2 Å². The van der Waals surface area contributed by atoms with E-state index in [4.69, 9.17) is 9.47 Å². The Bertz CT molecular complexity index is 485. The Morgan fingerprint density at radius 2 is 2.09 bits per heavy atom. The van der Waals surface area contributed by atoms with Gasteiger partial charge in [0, 0.05) is 6.42 Å². The Morgan fingerprint density at radius 1 is 1.26 bits per heavy atom. The molecule has 6 heteroatoms. The van der Waals surface area contributed by atoms with Crippen LogP contribution in [0.2, 0.25) is 0 Å². The summed E-state index contributed by atoms with van der Waals surface area (Å²) in [6.07, 6.45) is 0.804. The largest absolute Gasteiger partial charge is 0.464 e. The highest BCUT2D eigenvalue weighted by atomic mass is 32.2. The molecule has 1 aliphatic rings. The average Bonchev–Trinajstić information content (AvgIpc) is 2.52. The minimum absolute atomic E-state index is 0.185. The second-order valence-electron chi connectivity index (χ2n) is 5.60. The molecule has 0 bridgehead atoms. The van der Waals surface area contributed by atoms with E-state index in [2.05, 4.69) is 6.92 Å². The average molecular weight is 348 g/mol. The van der Waals surface area contributed by atoms with E-state index in [9.17, 15) is 13.2 Å². The highest BCUT2D eigenvalue weighted by Gasteiger charge is 2.35. The number of unbranched alkanes of at least 4 members (excludes halogenated alkanes) is 2. The van der Waals surface area contributed by atoms with Crippen molar-refractivity contribution in [2.24, 2.45) is 0 Å². The van der Waals surface area contributed by atoms with Crippen LogP contribution in [0.5, 0.6) is 5.75 Å². The first kappa shape index (κ1) is 18.5. The lowest BCUT2D eigenvalue weighted by molar-refractivity contribution is -0.141. The Balaban J connectivity index is 2.17. The van der Waals surface area contributed by atoms with E-state index in [0.29, 0.717) is 12.4 Å². The molecule has 2 rings (SSSR count). The van der Waals surface area contributed by atoms with Gasteiger partial charge in [-0.3, -0.25) is 0 Å². The maximum absolute atomic E-state index is 13.3. The van der Waals surface area contributed by atoms with Crippen LogP contribution in [-0.4, -0.2) is 18.6 Å². The van der Waals surface area contributed by atoms with Gasteiger partial charge in [0.15, 0.2) is 6.29 Å². The second-order valence-corrected chi connectivity index (χ2v) is 6.71. The van der Waals surface area contributed by atoms with Crippen molar-refractivity contribution in [1.82, 2.24) is 0 Å². The third-order valence-electron chi connectivity index (χ3n) is 3.67. The molecule has 1 atom stereocenters. The lowest BCUT2D eigenvalue weighted by atomic mass is 10.2. The molecule has 0 radical (unpaired) electrons. The molecule has 1 aromatic carbocycles. The summed E-state index contributed by atoms with van der Waals surface area (Å²) < 4.78 is 51.1. The van der Waals surface area contributed by atoms with Crippen LogP contribution in [0.4, 0.5) is 13.2 Å². The molecule has 23 heavy (non-hydrogen) atoms. The van der Waals surface area contributed by atoms with Gasteiger partial charge in [0.05, 0.1) is 17.1 Å². The Kier molecular flexibility index (Phi) is 7.09. The zero-order valence-electron chi connectivity index (χ0n) is 13.3. The van der Waals surface area contributed by atoms with E-state index in [-0.39, 0.29) is 10.6 Å². The topological polar surface area (TPSA) is 18.5 Å². The van der Waals surface area contributed by atoms with Crippen molar-refractivity contribution in [2.75, 3.05) is 12.4 Å². The number of hydrogen-bond acceptors (Lipinski definition) is 3. The van der Waals surface area contributed by atoms with Gasteiger partial charge < -0.3 is 9.47 Å². The van der Waals surface area contributed by atoms with Gasteiger partial charge in [0.1, 0.15) is 5.75 Å². The number of hydrogen-bond donors (Lipinski definition) is 0. The van der Waals surface area contributed by atoms with Crippen molar-refractivity contribution in [3.8, 4) is 5.75 Å². The molecule has 0 aliphatic carbocycles. The molecule has 0 spiro atoms. The molecule has 0 saturated carbocycles. The molecule has 0 amide bonds. The summed E-state index contributed by atoms with van der Waals surface area (Å²) >= 11 is 1.23. The lowest BCUT2D eigenvalue weighted by Crippen LogP contribution is -2.25. The molecular weight excluding hydrogens is 325 g/mol. The van der Waals surface area contributed by atoms with Gasteiger partial charge in [0.2, 0.25) is 0 Å². The standard InChI is InChI=1S/C17H23F3O2S/c1-2-3-6-12-23-16-13(17(18,19)20)8-7-9-14(16)22-15-10-4-5-11-21-15/h7-9,15H,2-6,10-12H2,1H3. The number of benzene rings is 1. The van der Waals surface area contributed by atoms with Gasteiger partial charge >= 0.3 is 6.18 Å². The van der Waals surface area contributed by atoms with E-state index in [1.165, 1.54) is 17.8 Å². The number of ether oxygens (including phenoxy) is 2. The van der Waals surface area contributed by atoms with Crippen LogP contribution in [-0.2, 0) is 10.9 Å². The summed E-state index contributed by atoms with van der Waals surface area (Å²) in [6, 6.07) is 4.13. The van der Waals surface area contributed by atoms with Crippen molar-refractivity contribution in [2.45, 2.75) is 62.8 Å². The van der Waals surface area contributed by atoms with Crippen molar-refractivity contribution < 1.29 is 22.6 Å². The molecular formula is C17H23F3O2S. The van der Waals surface area contributed by atoms with Crippen LogP contribution in [0.15, 0.2) is 23.1 Å². The molecule has 0 aromatic heterocycles. The van der Waals surface area contributed by atoms with Gasteiger partial charge in [-0.25, -0.2) is 0 Å². The second kappa shape index (κ2) is 8.83. The first-order valence-electron chi connectivity index (χ1n) is 8.13. The molecule has 0 N–H and O–H groups in total. The molecule has 1 unspecified atom stereocenters. The van der Waals surface area contributed by atoms with Crippen LogP contribution >= 0.6 is 11.8 Å². The quantitative estimate of drug-likeness (QED) is 0.452. The van der Waals surface area contributed by atoms with Crippen LogP contribution in [0.25, 0.3) is 0 Å². The van der Waals surface area contributed by atoms with E-state index in [1.807, 2.05) is 0 Å². The number of halogens is 3. The molecule has 1 aromatic rings. The Morgan fingerprint density at radius 3 is 2.74 bits per heavy atom. The highest BCUT2D eigenvalue weighted by Crippen LogP contribution is 2.42. The lowest BCUT2D eigenvalue weighted by Gasteiger charge is -2.25. The molecule has 1 aliphatic heterocycles. The maximum Gasteiger partial charge on any atom is 0.417 e. The summed E-state index contributed by atoms with van der Waals surface area (Å²) in [4.78, 5) is 0.185. The third-order valence-corrected chi connectivity index (χ3v) is 4.88. The zero-order valence-corrected chi connectivity index (χ0v) is 14.1. The minimum Gasteiger partial charge on any atom is -0.464 e. The summed E-state index contributed by atoms with van der Waals surface area (Å²) in [6.45, 7) is 2.67. The van der Waals surface area contributed by atoms with Crippen LogP contribution in [0.3, 0.4) is 0 Å². The van der Waals surface area contributed by atoms with Gasteiger partial charge in [-0.15, -0.1) is 11.8 Å². The summed E-state index contributed by atoms with van der Waals surface area (Å²) in [7, 11) is 0. The van der Waals surface area contributed by atoms with E-state index in [0.717, 1.165) is 44.6 Å². The smallest absolute Gasteiger partial charge is 0.417 e. The van der Waals surface area contributed by atoms with Crippen molar-refractivity contribution in [3.05, 3.63) is 23.8 Å². The fourth-order valence-electron chi connectivity index (χ4n) is 2.45. The molecule has 130 valence electrons. The first-order chi connectivity index (χ1) is 11.0. The van der Waals surface area contributed by atoms with E-state index in [1.54, 1.807) is 6.07 Å². The number of rotatable bonds is 7. The summed E-state index contributed by atoms with van der Waals surface area (Å²) in [5.74, 6) is 0.941. The predicted molar refractivity (Wildman–Crippen MR) is 85.9 cm³/mol. The summed E-state index contributed by atoms with van der Waals surface area (Å²) in [5, 5.41) is 0. The highest BCUT2D eigenvalue weighted by molar-refractivity contribution is 7.99. The Labute approximate surface area is 139 Å². The fraction of sp³-hybridized carbons (Fsp3) is 0.647. The zero-order chi connectivity index (χ0) is 16.7. The van der Waals surface area contributed by atoms with Crippen molar-refractivity contribution in [3.63, 3.8) is 0 Å². The number of thioether (sulfide) groups is 1. The Hall–Kier alpha value is -0.880. The predicted octanol–water partition coefficient (Wildman–Crippen LogP) is 5.89. The van der Waals surface area contributed by atoms with E-state index >= 15 is 0 Å². The monoisotopic (exact) mass is 348 g/mol. The van der Waals surface area contributed by atoms with Gasteiger partial charge in [-0.1, -0.05) is 25.8 Å². The summed E-state index contributed by atoms with van der Waals surface area (Å²) in [5.41, 5.74) is -0.618. The molecule has 2 nitrogen and oxygen atoms in total. The van der Waals surface area contributed by atoms with Crippen LogP contribution in [0, 0.1) is 0 Å². The minimum atomic E-state index is -4.38. The van der Waals surface area contributed by atoms with Crippen LogP contribution < -0.4 is 4.74 Å². The fourth-order valence-corrected chi connectivity index (χ4v) is 3.60. The molecule has 1 heterocycles. The SMILES string of the molecule is CCCCCSc1c(OC2CCCCO2)cccc1C(F)(F)F. The van der Waals surface area contributed by atoms with Crippen molar-refractivity contribution in [1.29, 1.82) is 0 Å². The third kappa shape index (κ3) is 5.60. The van der Waals surface area contributed by atoms with Crippen molar-refractivity contribution >= 4 is 11.8 Å². The maximum atomic E-state index is 13.3. The van der Waals surface area contributed by atoms with Crippen LogP contribution in [0.1, 0.15) is 51.0 Å². The van der Waals surface area contributed by atoms with E-state index < -0.39 is 18.0 Å². The van der Waals surface area contributed by atoms with Gasteiger partial charge in [0.25, 0.3) is 0 Å².